The molecule has 0 spiro atoms. The number of carbonyl (C=O) groups excluding carboxylic acids is 1. The van der Waals surface area contributed by atoms with Gasteiger partial charge in [0.2, 0.25) is 10.0 Å². The number of ether oxygens (including phenoxy) is 3. The highest BCUT2D eigenvalue weighted by atomic mass is 32.2. The van der Waals surface area contributed by atoms with Crippen molar-refractivity contribution in [2.75, 3.05) is 40.0 Å². The minimum atomic E-state index is -3.83. The highest BCUT2D eigenvalue weighted by Crippen LogP contribution is 2.22. The molecule has 9 nitrogen and oxygen atoms in total. The summed E-state index contributed by atoms with van der Waals surface area (Å²) in [6, 6.07) is 15.3. The highest BCUT2D eigenvalue weighted by Gasteiger charge is 2.30. The number of para-hydroxylation sites is 1. The van der Waals surface area contributed by atoms with Gasteiger partial charge in [0, 0.05) is 36.3 Å². The van der Waals surface area contributed by atoms with Gasteiger partial charge in [0.1, 0.15) is 18.4 Å². The fraction of sp³-hybridized carbons (Fsp3) is 0.360. The molecule has 2 aromatic carbocycles. The highest BCUT2D eigenvalue weighted by molar-refractivity contribution is 7.89. The fourth-order valence-electron chi connectivity index (χ4n) is 4.05. The number of hydrogen-bond donors (Lipinski definition) is 1. The number of nitrogens with zero attached hydrogens (tertiary/aromatic N) is 2. The number of nitrogens with one attached hydrogen (secondary N) is 1. The van der Waals surface area contributed by atoms with Gasteiger partial charge in [-0.25, -0.2) is 13.1 Å². The number of hydrogen-bond acceptors (Lipinski definition) is 8. The Morgan fingerprint density at radius 1 is 1.14 bits per heavy atom. The van der Waals surface area contributed by atoms with Gasteiger partial charge in [-0.1, -0.05) is 18.2 Å². The first-order valence-corrected chi connectivity index (χ1v) is 12.8. The summed E-state index contributed by atoms with van der Waals surface area (Å²) in [5.41, 5.74) is 2.81. The molecule has 35 heavy (non-hydrogen) atoms. The molecular weight excluding hydrogens is 470 g/mol. The summed E-state index contributed by atoms with van der Waals surface area (Å²) in [6.45, 7) is 4.19. The first kappa shape index (κ1) is 25.1. The maximum Gasteiger partial charge on any atom is 0.324 e. The maximum absolute atomic E-state index is 12.9. The van der Waals surface area contributed by atoms with Crippen molar-refractivity contribution in [3.63, 3.8) is 0 Å². The monoisotopic (exact) mass is 499 g/mol. The van der Waals surface area contributed by atoms with E-state index in [-0.39, 0.29) is 11.4 Å². The first-order chi connectivity index (χ1) is 16.9. The third-order valence-corrected chi connectivity index (χ3v) is 7.32. The molecule has 0 saturated carbocycles. The van der Waals surface area contributed by atoms with Crippen LogP contribution in [0.4, 0.5) is 0 Å². The first-order valence-electron chi connectivity index (χ1n) is 11.3. The Kier molecular flexibility index (Phi) is 7.97. The lowest BCUT2D eigenvalue weighted by Crippen LogP contribution is -2.52. The molecule has 1 atom stereocenters. The second-order valence-corrected chi connectivity index (χ2v) is 10.0. The van der Waals surface area contributed by atoms with Crippen molar-refractivity contribution >= 4 is 26.9 Å². The minimum Gasteiger partial charge on any atom is -0.489 e. The van der Waals surface area contributed by atoms with E-state index in [2.05, 4.69) is 9.71 Å². The van der Waals surface area contributed by atoms with Gasteiger partial charge in [-0.2, -0.15) is 0 Å². The molecule has 3 aromatic rings. The third-order valence-electron chi connectivity index (χ3n) is 5.88. The van der Waals surface area contributed by atoms with Crippen molar-refractivity contribution in [2.45, 2.75) is 24.5 Å². The number of sulfonamides is 1. The zero-order valence-electron chi connectivity index (χ0n) is 19.8. The van der Waals surface area contributed by atoms with Crippen molar-refractivity contribution in [1.29, 1.82) is 0 Å². The fourth-order valence-corrected chi connectivity index (χ4v) is 5.09. The summed E-state index contributed by atoms with van der Waals surface area (Å²) >= 11 is 0. The number of methoxy groups -OCH3 is 1. The van der Waals surface area contributed by atoms with Crippen LogP contribution in [-0.2, 0) is 30.9 Å². The normalized spacial score (nSPS) is 15.6. The van der Waals surface area contributed by atoms with Crippen molar-refractivity contribution in [3.8, 4) is 5.75 Å². The smallest absolute Gasteiger partial charge is 0.324 e. The van der Waals surface area contributed by atoms with Crippen LogP contribution in [0, 0.1) is 6.92 Å². The Morgan fingerprint density at radius 3 is 2.57 bits per heavy atom. The predicted molar refractivity (Wildman–Crippen MR) is 131 cm³/mol. The van der Waals surface area contributed by atoms with Crippen LogP contribution in [0.1, 0.15) is 11.3 Å². The summed E-state index contributed by atoms with van der Waals surface area (Å²) in [5, 5.41) is 1.02. The van der Waals surface area contributed by atoms with Crippen LogP contribution in [0.15, 0.2) is 59.5 Å². The largest absolute Gasteiger partial charge is 0.489 e. The molecule has 1 saturated heterocycles. The van der Waals surface area contributed by atoms with Gasteiger partial charge >= 0.3 is 5.97 Å². The summed E-state index contributed by atoms with van der Waals surface area (Å²) < 4.78 is 44.3. The Balaban J connectivity index is 1.41. The second kappa shape index (κ2) is 11.1. The van der Waals surface area contributed by atoms with E-state index in [1.807, 2.05) is 42.2 Å². The van der Waals surface area contributed by atoms with Crippen molar-refractivity contribution in [1.82, 2.24) is 14.6 Å². The van der Waals surface area contributed by atoms with E-state index < -0.39 is 22.0 Å². The van der Waals surface area contributed by atoms with Crippen LogP contribution in [-0.4, -0.2) is 70.3 Å². The number of rotatable bonds is 9. The van der Waals surface area contributed by atoms with Crippen LogP contribution in [0.2, 0.25) is 0 Å². The zero-order chi connectivity index (χ0) is 24.8. The Morgan fingerprint density at radius 2 is 1.86 bits per heavy atom. The molecular formula is C25H29N3O6S. The van der Waals surface area contributed by atoms with Crippen LogP contribution >= 0.6 is 0 Å². The number of benzene rings is 2. The molecule has 2 heterocycles. The number of carbonyl (C=O) groups is 1. The maximum atomic E-state index is 12.9. The number of morpholine rings is 1. The standard InChI is InChI=1S/C25H29N3O6S/c1-18-15-19(22-5-3-4-6-23(22)27-18)17-34-20-7-9-21(10-8-20)35(30,31)26-16-24(25(29)32-2)28-11-13-33-14-12-28/h3-10,15,24,26H,11-14,16-17H2,1-2H3. The quantitative estimate of drug-likeness (QED) is 0.447. The average Bonchev–Trinajstić information content (AvgIpc) is 2.88. The molecule has 186 valence electrons. The molecule has 1 unspecified atom stereocenters. The van der Waals surface area contributed by atoms with E-state index in [0.29, 0.717) is 38.7 Å². The Hall–Kier alpha value is -3.05. The van der Waals surface area contributed by atoms with Gasteiger partial charge in [-0.05, 0) is 43.3 Å². The van der Waals surface area contributed by atoms with Gasteiger partial charge in [-0.15, -0.1) is 0 Å². The molecule has 1 aliphatic rings. The van der Waals surface area contributed by atoms with Gasteiger partial charge in [-0.3, -0.25) is 14.7 Å². The van der Waals surface area contributed by atoms with E-state index in [1.54, 1.807) is 12.1 Å². The topological polar surface area (TPSA) is 107 Å². The number of aromatic nitrogens is 1. The molecule has 0 radical (unpaired) electrons. The average molecular weight is 500 g/mol. The molecule has 10 heteroatoms. The summed E-state index contributed by atoms with van der Waals surface area (Å²) in [7, 11) is -2.54. The van der Waals surface area contributed by atoms with Crippen LogP contribution in [0.5, 0.6) is 5.75 Å². The zero-order valence-corrected chi connectivity index (χ0v) is 20.6. The number of pyridine rings is 1. The molecule has 0 bridgehead atoms. The summed E-state index contributed by atoms with van der Waals surface area (Å²) in [5.74, 6) is 0.0560. The van der Waals surface area contributed by atoms with Crippen molar-refractivity contribution < 1.29 is 27.4 Å². The van der Waals surface area contributed by atoms with Crippen LogP contribution < -0.4 is 9.46 Å². The lowest BCUT2D eigenvalue weighted by molar-refractivity contribution is -0.148. The Bertz CT molecular complexity index is 1270. The van der Waals surface area contributed by atoms with E-state index in [0.717, 1.165) is 22.2 Å². The molecule has 4 rings (SSSR count). The van der Waals surface area contributed by atoms with Gasteiger partial charge < -0.3 is 14.2 Å². The van der Waals surface area contributed by atoms with Gasteiger partial charge in [0.25, 0.3) is 0 Å². The lowest BCUT2D eigenvalue weighted by Gasteiger charge is -2.32. The lowest BCUT2D eigenvalue weighted by atomic mass is 10.1. The Labute approximate surface area is 205 Å². The molecule has 1 N–H and O–H groups in total. The van der Waals surface area contributed by atoms with Crippen LogP contribution in [0.25, 0.3) is 10.9 Å². The summed E-state index contributed by atoms with van der Waals surface area (Å²) in [6.07, 6.45) is 0. The summed E-state index contributed by atoms with van der Waals surface area (Å²) in [4.78, 5) is 18.7. The number of esters is 1. The van der Waals surface area contributed by atoms with Crippen molar-refractivity contribution in [3.05, 3.63) is 65.9 Å². The number of aryl methyl sites for hydroxylation is 1. The van der Waals surface area contributed by atoms with Gasteiger partial charge in [0.05, 0.1) is 30.7 Å². The molecule has 0 aliphatic carbocycles. The van der Waals surface area contributed by atoms with E-state index in [4.69, 9.17) is 14.2 Å². The molecule has 1 aliphatic heterocycles. The van der Waals surface area contributed by atoms with Crippen molar-refractivity contribution in [2.24, 2.45) is 0 Å². The predicted octanol–water partition coefficient (Wildman–Crippen LogP) is 2.27. The van der Waals surface area contributed by atoms with E-state index >= 15 is 0 Å². The van der Waals surface area contributed by atoms with Crippen LogP contribution in [0.3, 0.4) is 0 Å². The molecule has 0 amide bonds. The van der Waals surface area contributed by atoms with Gasteiger partial charge in [0.15, 0.2) is 0 Å². The SMILES string of the molecule is COC(=O)C(CNS(=O)(=O)c1ccc(OCc2cc(C)nc3ccccc23)cc1)N1CCOCC1. The molecule has 1 aromatic heterocycles. The third kappa shape index (κ3) is 6.15. The van der Waals surface area contributed by atoms with E-state index in [1.165, 1.54) is 19.2 Å². The minimum absolute atomic E-state index is 0.0839. The second-order valence-electron chi connectivity index (χ2n) is 8.24. The molecule has 1 fully saturated rings. The number of fused-ring (bicyclic) bond motifs is 1. The van der Waals surface area contributed by atoms with E-state index in [9.17, 15) is 13.2 Å².